The first-order chi connectivity index (χ1) is 6.61. The summed E-state index contributed by atoms with van der Waals surface area (Å²) in [5.74, 6) is 3.46. The molecule has 0 aliphatic heterocycles. The Labute approximate surface area is 88.5 Å². The molecular formula is C8H9BrFNO3. The molecule has 0 heterocycles. The molecule has 78 valence electrons. The van der Waals surface area contributed by atoms with E-state index in [-0.39, 0.29) is 16.8 Å². The molecule has 1 aromatic rings. The SMILES string of the molecule is COc1c(CON)cc(Br)c(O)c1F. The molecule has 4 nitrogen and oxygen atoms in total. The standard InChI is InChI=1S/C8H9BrFNO3/c1-13-8-4(3-14-11)2-5(9)7(12)6(8)10/h2,12H,3,11H2,1H3. The molecule has 0 spiro atoms. The van der Waals surface area contributed by atoms with E-state index in [1.54, 1.807) is 0 Å². The summed E-state index contributed by atoms with van der Waals surface area (Å²) >= 11 is 2.99. The van der Waals surface area contributed by atoms with Gasteiger partial charge in [0.25, 0.3) is 0 Å². The van der Waals surface area contributed by atoms with Gasteiger partial charge in [0.2, 0.25) is 5.82 Å². The molecule has 0 fully saturated rings. The first-order valence-electron chi connectivity index (χ1n) is 3.67. The van der Waals surface area contributed by atoms with Gasteiger partial charge in [-0.1, -0.05) is 0 Å². The van der Waals surface area contributed by atoms with Crippen LogP contribution in [0.2, 0.25) is 0 Å². The monoisotopic (exact) mass is 265 g/mol. The van der Waals surface area contributed by atoms with Crippen LogP contribution in [0.15, 0.2) is 10.5 Å². The second kappa shape index (κ2) is 4.59. The van der Waals surface area contributed by atoms with Crippen LogP contribution in [0, 0.1) is 5.82 Å². The zero-order chi connectivity index (χ0) is 10.7. The molecule has 0 unspecified atom stereocenters. The van der Waals surface area contributed by atoms with Gasteiger partial charge >= 0.3 is 0 Å². The van der Waals surface area contributed by atoms with Gasteiger partial charge in [0, 0.05) is 5.56 Å². The third-order valence-corrected chi connectivity index (χ3v) is 2.27. The average Bonchev–Trinajstić information content (AvgIpc) is 2.16. The highest BCUT2D eigenvalue weighted by Gasteiger charge is 2.17. The van der Waals surface area contributed by atoms with Crippen LogP contribution in [-0.2, 0) is 11.4 Å². The van der Waals surface area contributed by atoms with Crippen molar-refractivity contribution in [3.8, 4) is 11.5 Å². The van der Waals surface area contributed by atoms with Crippen LogP contribution in [0.5, 0.6) is 11.5 Å². The van der Waals surface area contributed by atoms with Crippen LogP contribution in [0.25, 0.3) is 0 Å². The van der Waals surface area contributed by atoms with Crippen molar-refractivity contribution in [2.45, 2.75) is 6.61 Å². The highest BCUT2D eigenvalue weighted by atomic mass is 79.9. The largest absolute Gasteiger partial charge is 0.504 e. The number of phenolic OH excluding ortho intramolecular Hbond substituents is 1. The van der Waals surface area contributed by atoms with Gasteiger partial charge in [-0.3, -0.25) is 4.84 Å². The molecule has 3 N–H and O–H groups in total. The first-order valence-corrected chi connectivity index (χ1v) is 4.46. The summed E-state index contributed by atoms with van der Waals surface area (Å²) in [6.45, 7) is -0.00102. The number of ether oxygens (including phenoxy) is 1. The zero-order valence-electron chi connectivity index (χ0n) is 7.38. The molecule has 1 rings (SSSR count). The number of phenols is 1. The Morgan fingerprint density at radius 3 is 2.79 bits per heavy atom. The summed E-state index contributed by atoms with van der Waals surface area (Å²) in [5, 5.41) is 9.24. The number of hydrogen-bond donors (Lipinski definition) is 2. The molecule has 0 aliphatic carbocycles. The van der Waals surface area contributed by atoms with Crippen LogP contribution < -0.4 is 10.6 Å². The Balaban J connectivity index is 3.28. The molecule has 0 aromatic heterocycles. The molecule has 0 atom stereocenters. The van der Waals surface area contributed by atoms with Crippen molar-refractivity contribution in [3.05, 3.63) is 21.9 Å². The summed E-state index contributed by atoms with van der Waals surface area (Å²) in [4.78, 5) is 4.37. The highest BCUT2D eigenvalue weighted by Crippen LogP contribution is 2.36. The lowest BCUT2D eigenvalue weighted by molar-refractivity contribution is 0.121. The maximum atomic E-state index is 13.3. The maximum absolute atomic E-state index is 13.3. The molecule has 6 heteroatoms. The van der Waals surface area contributed by atoms with Gasteiger partial charge in [-0.2, -0.15) is 4.39 Å². The molecule has 1 aromatic carbocycles. The van der Waals surface area contributed by atoms with Crippen LogP contribution in [0.1, 0.15) is 5.56 Å². The predicted octanol–water partition coefficient (Wildman–Crippen LogP) is 1.69. The molecule has 0 amide bonds. The van der Waals surface area contributed by atoms with Gasteiger partial charge in [0.05, 0.1) is 18.2 Å². The molecular weight excluding hydrogens is 257 g/mol. The summed E-state index contributed by atoms with van der Waals surface area (Å²) in [5.41, 5.74) is 0.414. The minimum atomic E-state index is -0.839. The molecule has 0 radical (unpaired) electrons. The van der Waals surface area contributed by atoms with Crippen molar-refractivity contribution in [1.29, 1.82) is 0 Å². The van der Waals surface area contributed by atoms with Crippen molar-refractivity contribution in [1.82, 2.24) is 0 Å². The van der Waals surface area contributed by atoms with Crippen LogP contribution >= 0.6 is 15.9 Å². The van der Waals surface area contributed by atoms with Crippen LogP contribution in [-0.4, -0.2) is 12.2 Å². The van der Waals surface area contributed by atoms with Crippen LogP contribution in [0.4, 0.5) is 4.39 Å². The van der Waals surface area contributed by atoms with Gasteiger partial charge in [-0.05, 0) is 22.0 Å². The van der Waals surface area contributed by atoms with Crippen molar-refractivity contribution in [2.75, 3.05) is 7.11 Å². The topological polar surface area (TPSA) is 64.7 Å². The number of methoxy groups -OCH3 is 1. The molecule has 14 heavy (non-hydrogen) atoms. The number of benzene rings is 1. The Morgan fingerprint density at radius 2 is 2.29 bits per heavy atom. The summed E-state index contributed by atoms with van der Waals surface area (Å²) in [7, 11) is 1.30. The van der Waals surface area contributed by atoms with Crippen LogP contribution in [0.3, 0.4) is 0 Å². The number of hydrogen-bond acceptors (Lipinski definition) is 4. The van der Waals surface area contributed by atoms with Crippen molar-refractivity contribution in [3.63, 3.8) is 0 Å². The quantitative estimate of drug-likeness (QED) is 0.817. The molecule has 0 saturated heterocycles. The minimum Gasteiger partial charge on any atom is -0.504 e. The van der Waals surface area contributed by atoms with Gasteiger partial charge in [-0.15, -0.1) is 0 Å². The van der Waals surface area contributed by atoms with E-state index in [4.69, 9.17) is 10.6 Å². The Hall–Kier alpha value is -0.850. The first kappa shape index (κ1) is 11.2. The van der Waals surface area contributed by atoms with E-state index >= 15 is 0 Å². The van der Waals surface area contributed by atoms with Crippen molar-refractivity contribution in [2.24, 2.45) is 5.90 Å². The highest BCUT2D eigenvalue weighted by molar-refractivity contribution is 9.10. The van der Waals surface area contributed by atoms with Gasteiger partial charge in [0.15, 0.2) is 11.5 Å². The minimum absolute atomic E-state index is 0.00102. The third kappa shape index (κ3) is 1.97. The van der Waals surface area contributed by atoms with E-state index in [2.05, 4.69) is 20.8 Å². The van der Waals surface area contributed by atoms with E-state index in [1.165, 1.54) is 13.2 Å². The predicted molar refractivity (Wildman–Crippen MR) is 51.3 cm³/mol. The fourth-order valence-electron chi connectivity index (χ4n) is 1.06. The number of rotatable bonds is 3. The van der Waals surface area contributed by atoms with E-state index in [9.17, 15) is 9.50 Å². The van der Waals surface area contributed by atoms with Crippen molar-refractivity contribution >= 4 is 15.9 Å². The average molecular weight is 266 g/mol. The lowest BCUT2D eigenvalue weighted by Gasteiger charge is -2.10. The fraction of sp³-hybridized carbons (Fsp3) is 0.250. The molecule has 0 saturated carbocycles. The number of nitrogens with two attached hydrogens (primary N) is 1. The third-order valence-electron chi connectivity index (χ3n) is 1.67. The van der Waals surface area contributed by atoms with E-state index in [0.29, 0.717) is 5.56 Å². The molecule has 0 bridgehead atoms. The van der Waals surface area contributed by atoms with Crippen molar-refractivity contribution < 1.29 is 19.1 Å². The maximum Gasteiger partial charge on any atom is 0.208 e. The zero-order valence-corrected chi connectivity index (χ0v) is 8.97. The normalized spacial score (nSPS) is 10.3. The lowest BCUT2D eigenvalue weighted by atomic mass is 10.2. The number of aromatic hydroxyl groups is 1. The van der Waals surface area contributed by atoms with E-state index < -0.39 is 11.6 Å². The Bertz CT molecular complexity index is 346. The second-order valence-electron chi connectivity index (χ2n) is 2.52. The number of halogens is 2. The van der Waals surface area contributed by atoms with Gasteiger partial charge < -0.3 is 9.84 Å². The molecule has 0 aliphatic rings. The Kier molecular flexibility index (Phi) is 3.68. The van der Waals surface area contributed by atoms with E-state index in [1.807, 2.05) is 0 Å². The summed E-state index contributed by atoms with van der Waals surface area (Å²) in [6.07, 6.45) is 0. The smallest absolute Gasteiger partial charge is 0.208 e. The Morgan fingerprint density at radius 1 is 1.64 bits per heavy atom. The van der Waals surface area contributed by atoms with E-state index in [0.717, 1.165) is 0 Å². The fourth-order valence-corrected chi connectivity index (χ4v) is 1.51. The van der Waals surface area contributed by atoms with Gasteiger partial charge in [-0.25, -0.2) is 5.90 Å². The lowest BCUT2D eigenvalue weighted by Crippen LogP contribution is -2.03. The second-order valence-corrected chi connectivity index (χ2v) is 3.38. The summed E-state index contributed by atoms with van der Waals surface area (Å²) < 4.78 is 18.3. The van der Waals surface area contributed by atoms with Gasteiger partial charge in [0.1, 0.15) is 0 Å². The summed E-state index contributed by atoms with van der Waals surface area (Å²) in [6, 6.07) is 1.48.